The molecule has 2 unspecified atom stereocenters. The highest BCUT2D eigenvalue weighted by atomic mass is 16.5. The summed E-state index contributed by atoms with van der Waals surface area (Å²) in [5.41, 5.74) is 2.52. The monoisotopic (exact) mass is 531 g/mol. The minimum Gasteiger partial charge on any atom is -0.497 e. The molecule has 1 amide bonds. The van der Waals surface area contributed by atoms with Crippen LogP contribution in [0.15, 0.2) is 67.3 Å². The molecule has 8 heteroatoms. The lowest BCUT2D eigenvalue weighted by Crippen LogP contribution is -2.52. The molecule has 1 aliphatic heterocycles. The Balaban J connectivity index is 1.52. The number of allylic oxidation sites excluding steroid dienone is 1. The fraction of sp³-hybridized carbons (Fsp3) is 0.387. The van der Waals surface area contributed by atoms with E-state index in [4.69, 9.17) is 19.2 Å². The number of ether oxygens (including phenoxy) is 3. The Morgan fingerprint density at radius 3 is 2.64 bits per heavy atom. The summed E-state index contributed by atoms with van der Waals surface area (Å²) in [4.78, 5) is 30.7. The average molecular weight is 532 g/mol. The SMILES string of the molecule is C=CC(C)[C@H](C)[C@H](NC(=O)C1C[C@@H](Oc2cc(-c3ccccc3)nc3cc(OC)ccc23)CN1)C(=O)OCC. The lowest BCUT2D eigenvalue weighted by Gasteiger charge is -2.27. The molecule has 0 radical (unpaired) electrons. The summed E-state index contributed by atoms with van der Waals surface area (Å²) in [6.07, 6.45) is 1.98. The van der Waals surface area contributed by atoms with E-state index in [0.29, 0.717) is 24.5 Å². The third kappa shape index (κ3) is 6.57. The van der Waals surface area contributed by atoms with Crippen LogP contribution in [0.3, 0.4) is 0 Å². The van der Waals surface area contributed by atoms with Crippen LogP contribution in [0.1, 0.15) is 27.2 Å². The number of rotatable bonds is 11. The van der Waals surface area contributed by atoms with Gasteiger partial charge < -0.3 is 24.8 Å². The van der Waals surface area contributed by atoms with Crippen molar-refractivity contribution in [1.29, 1.82) is 0 Å². The van der Waals surface area contributed by atoms with Crippen LogP contribution < -0.4 is 20.1 Å². The summed E-state index contributed by atoms with van der Waals surface area (Å²) in [5, 5.41) is 7.02. The number of carbonyl (C=O) groups is 2. The Morgan fingerprint density at radius 1 is 1.18 bits per heavy atom. The first-order valence-electron chi connectivity index (χ1n) is 13.4. The molecule has 4 rings (SSSR count). The normalized spacial score (nSPS) is 19.1. The van der Waals surface area contributed by atoms with Gasteiger partial charge in [0, 0.05) is 36.0 Å². The molecule has 1 fully saturated rings. The quantitative estimate of drug-likeness (QED) is 0.277. The van der Waals surface area contributed by atoms with Gasteiger partial charge in [0.15, 0.2) is 0 Å². The molecule has 0 saturated carbocycles. The first kappa shape index (κ1) is 28.1. The summed E-state index contributed by atoms with van der Waals surface area (Å²) < 4.78 is 17.1. The Bertz CT molecular complexity index is 1310. The molecule has 0 aliphatic carbocycles. The van der Waals surface area contributed by atoms with Crippen LogP contribution in [0.2, 0.25) is 0 Å². The third-order valence-corrected chi connectivity index (χ3v) is 7.31. The summed E-state index contributed by atoms with van der Waals surface area (Å²) >= 11 is 0. The molecule has 8 nitrogen and oxygen atoms in total. The molecule has 0 spiro atoms. The highest BCUT2D eigenvalue weighted by Gasteiger charge is 2.36. The zero-order chi connectivity index (χ0) is 27.9. The van der Waals surface area contributed by atoms with Crippen molar-refractivity contribution in [3.63, 3.8) is 0 Å². The van der Waals surface area contributed by atoms with Gasteiger partial charge in [-0.1, -0.05) is 50.3 Å². The fourth-order valence-corrected chi connectivity index (χ4v) is 4.74. The second kappa shape index (κ2) is 12.8. The minimum atomic E-state index is -0.764. The van der Waals surface area contributed by atoms with E-state index in [1.165, 1.54) is 0 Å². The lowest BCUT2D eigenvalue weighted by atomic mass is 9.88. The Kier molecular flexibility index (Phi) is 9.19. The van der Waals surface area contributed by atoms with E-state index >= 15 is 0 Å². The first-order valence-corrected chi connectivity index (χ1v) is 13.4. The molecule has 3 aromatic rings. The van der Waals surface area contributed by atoms with Crippen LogP contribution in [0.25, 0.3) is 22.2 Å². The van der Waals surface area contributed by atoms with Gasteiger partial charge in [0.25, 0.3) is 0 Å². The number of nitrogens with one attached hydrogen (secondary N) is 2. The molecule has 5 atom stereocenters. The van der Waals surface area contributed by atoms with Crippen molar-refractivity contribution < 1.29 is 23.8 Å². The van der Waals surface area contributed by atoms with Crippen LogP contribution in [-0.2, 0) is 14.3 Å². The minimum absolute atomic E-state index is 0.0183. The van der Waals surface area contributed by atoms with E-state index in [9.17, 15) is 9.59 Å². The van der Waals surface area contributed by atoms with E-state index < -0.39 is 18.1 Å². The molecular weight excluding hydrogens is 494 g/mol. The predicted molar refractivity (Wildman–Crippen MR) is 152 cm³/mol. The van der Waals surface area contributed by atoms with Crippen molar-refractivity contribution in [2.24, 2.45) is 11.8 Å². The number of nitrogens with zero attached hydrogens (tertiary/aromatic N) is 1. The summed E-state index contributed by atoms with van der Waals surface area (Å²) in [6, 6.07) is 16.3. The lowest BCUT2D eigenvalue weighted by molar-refractivity contribution is -0.149. The number of aromatic nitrogens is 1. The zero-order valence-corrected chi connectivity index (χ0v) is 23.0. The van der Waals surface area contributed by atoms with E-state index in [1.807, 2.05) is 68.4 Å². The second-order valence-electron chi connectivity index (χ2n) is 9.88. The van der Waals surface area contributed by atoms with Crippen LogP contribution in [0.5, 0.6) is 11.5 Å². The number of amides is 1. The molecule has 2 N–H and O–H groups in total. The third-order valence-electron chi connectivity index (χ3n) is 7.31. The number of benzene rings is 2. The van der Waals surface area contributed by atoms with Crippen molar-refractivity contribution in [3.05, 3.63) is 67.3 Å². The van der Waals surface area contributed by atoms with Gasteiger partial charge in [-0.15, -0.1) is 6.58 Å². The van der Waals surface area contributed by atoms with E-state index in [0.717, 1.165) is 22.2 Å². The Morgan fingerprint density at radius 2 is 1.95 bits per heavy atom. The van der Waals surface area contributed by atoms with Gasteiger partial charge in [-0.2, -0.15) is 0 Å². The smallest absolute Gasteiger partial charge is 0.328 e. The van der Waals surface area contributed by atoms with E-state index in [2.05, 4.69) is 17.2 Å². The molecule has 206 valence electrons. The van der Waals surface area contributed by atoms with Crippen LogP contribution in [-0.4, -0.2) is 55.3 Å². The summed E-state index contributed by atoms with van der Waals surface area (Å²) in [6.45, 7) is 10.2. The Labute approximate surface area is 229 Å². The van der Waals surface area contributed by atoms with Gasteiger partial charge in [0.05, 0.1) is 31.0 Å². The van der Waals surface area contributed by atoms with Crippen LogP contribution >= 0.6 is 0 Å². The van der Waals surface area contributed by atoms with E-state index in [1.54, 1.807) is 20.1 Å². The van der Waals surface area contributed by atoms with Crippen molar-refractivity contribution in [2.75, 3.05) is 20.3 Å². The number of pyridine rings is 1. The van der Waals surface area contributed by atoms with Crippen molar-refractivity contribution >= 4 is 22.8 Å². The van der Waals surface area contributed by atoms with Crippen LogP contribution in [0, 0.1) is 11.8 Å². The van der Waals surface area contributed by atoms with Crippen LogP contribution in [0.4, 0.5) is 0 Å². The fourth-order valence-electron chi connectivity index (χ4n) is 4.74. The number of hydrogen-bond acceptors (Lipinski definition) is 7. The number of methoxy groups -OCH3 is 1. The number of hydrogen-bond donors (Lipinski definition) is 2. The molecule has 1 aliphatic rings. The molecule has 2 heterocycles. The summed E-state index contributed by atoms with van der Waals surface area (Å²) in [5.74, 6) is 0.551. The number of esters is 1. The molecule has 39 heavy (non-hydrogen) atoms. The van der Waals surface area contributed by atoms with Gasteiger partial charge in [0.2, 0.25) is 5.91 Å². The van der Waals surface area contributed by atoms with E-state index in [-0.39, 0.29) is 30.5 Å². The van der Waals surface area contributed by atoms with Crippen molar-refractivity contribution in [2.45, 2.75) is 45.4 Å². The van der Waals surface area contributed by atoms with Gasteiger partial charge in [-0.25, -0.2) is 9.78 Å². The maximum Gasteiger partial charge on any atom is 0.328 e. The van der Waals surface area contributed by atoms with Gasteiger partial charge >= 0.3 is 5.97 Å². The molecule has 1 saturated heterocycles. The van der Waals surface area contributed by atoms with Crippen molar-refractivity contribution in [3.8, 4) is 22.8 Å². The van der Waals surface area contributed by atoms with Gasteiger partial charge in [-0.05, 0) is 30.9 Å². The predicted octanol–water partition coefficient (Wildman–Crippen LogP) is 4.53. The standard InChI is InChI=1S/C31H37N3O5/c1-6-19(3)20(4)29(31(36)38-7-2)34-30(35)27-16-23(18-32-27)39-28-17-25(21-11-9-8-10-12-21)33-26-15-22(37-5)13-14-24(26)28/h6,8-15,17,19-20,23,27,29,32H,1,7,16,18H2,2-5H3,(H,34,35)/t19?,20-,23+,27?,29-/m0/s1. The molecule has 2 aromatic carbocycles. The average Bonchev–Trinajstić information content (AvgIpc) is 3.43. The molecule has 1 aromatic heterocycles. The highest BCUT2D eigenvalue weighted by molar-refractivity contribution is 5.89. The maximum atomic E-state index is 13.2. The highest BCUT2D eigenvalue weighted by Crippen LogP contribution is 2.33. The zero-order valence-electron chi connectivity index (χ0n) is 23.0. The number of carbonyl (C=O) groups excluding carboxylic acids is 2. The second-order valence-corrected chi connectivity index (χ2v) is 9.88. The largest absolute Gasteiger partial charge is 0.497 e. The van der Waals surface area contributed by atoms with Crippen molar-refractivity contribution in [1.82, 2.24) is 15.6 Å². The Hall–Kier alpha value is -3.91. The summed E-state index contributed by atoms with van der Waals surface area (Å²) in [7, 11) is 1.63. The first-order chi connectivity index (χ1) is 18.8. The molecule has 0 bridgehead atoms. The maximum absolute atomic E-state index is 13.2. The van der Waals surface area contributed by atoms with Gasteiger partial charge in [-0.3, -0.25) is 4.79 Å². The molecular formula is C31H37N3O5. The number of fused-ring (bicyclic) bond motifs is 1. The van der Waals surface area contributed by atoms with Gasteiger partial charge in [0.1, 0.15) is 23.6 Å². The topological polar surface area (TPSA) is 98.8 Å².